The van der Waals surface area contributed by atoms with E-state index in [9.17, 15) is 4.79 Å². The SMILES string of the molecule is Cc1nc(C(=O)O)c2n1CC(N(C)C)CC2. The number of carboxylic acids is 1. The van der Waals surface area contributed by atoms with Gasteiger partial charge in [0.1, 0.15) is 5.82 Å². The van der Waals surface area contributed by atoms with Crippen molar-refractivity contribution < 1.29 is 9.90 Å². The van der Waals surface area contributed by atoms with Crippen LogP contribution in [-0.2, 0) is 13.0 Å². The van der Waals surface area contributed by atoms with Crippen molar-refractivity contribution in [1.82, 2.24) is 14.5 Å². The van der Waals surface area contributed by atoms with Crippen molar-refractivity contribution in [2.75, 3.05) is 14.1 Å². The zero-order valence-corrected chi connectivity index (χ0v) is 9.90. The van der Waals surface area contributed by atoms with Crippen molar-refractivity contribution in [3.63, 3.8) is 0 Å². The van der Waals surface area contributed by atoms with Gasteiger partial charge in [-0.3, -0.25) is 0 Å². The topological polar surface area (TPSA) is 58.4 Å². The molecule has 2 rings (SSSR count). The Kier molecular flexibility index (Phi) is 2.71. The molecule has 1 aliphatic rings. The quantitative estimate of drug-likeness (QED) is 0.804. The molecule has 0 amide bonds. The highest BCUT2D eigenvalue weighted by molar-refractivity contribution is 5.86. The number of carbonyl (C=O) groups is 1. The Morgan fingerprint density at radius 1 is 1.56 bits per heavy atom. The van der Waals surface area contributed by atoms with Crippen LogP contribution in [0, 0.1) is 6.92 Å². The minimum Gasteiger partial charge on any atom is -0.476 e. The summed E-state index contributed by atoms with van der Waals surface area (Å²) >= 11 is 0. The maximum atomic E-state index is 11.0. The van der Waals surface area contributed by atoms with Crippen LogP contribution in [0.5, 0.6) is 0 Å². The van der Waals surface area contributed by atoms with E-state index in [1.165, 1.54) is 0 Å². The highest BCUT2D eigenvalue weighted by Gasteiger charge is 2.27. The first kappa shape index (κ1) is 11.1. The first-order chi connectivity index (χ1) is 7.50. The summed E-state index contributed by atoms with van der Waals surface area (Å²) in [7, 11) is 4.11. The summed E-state index contributed by atoms with van der Waals surface area (Å²) in [6.45, 7) is 2.71. The minimum absolute atomic E-state index is 0.231. The van der Waals surface area contributed by atoms with E-state index in [0.717, 1.165) is 30.9 Å². The largest absolute Gasteiger partial charge is 0.476 e. The van der Waals surface area contributed by atoms with Crippen LogP contribution in [0.1, 0.15) is 28.4 Å². The van der Waals surface area contributed by atoms with E-state index in [2.05, 4.69) is 24.0 Å². The van der Waals surface area contributed by atoms with E-state index in [4.69, 9.17) is 5.11 Å². The van der Waals surface area contributed by atoms with Gasteiger partial charge in [0.05, 0.1) is 5.69 Å². The van der Waals surface area contributed by atoms with E-state index < -0.39 is 5.97 Å². The van der Waals surface area contributed by atoms with Crippen LogP contribution >= 0.6 is 0 Å². The van der Waals surface area contributed by atoms with Crippen LogP contribution in [0.3, 0.4) is 0 Å². The number of nitrogens with zero attached hydrogens (tertiary/aromatic N) is 3. The number of aryl methyl sites for hydroxylation is 1. The van der Waals surface area contributed by atoms with Gasteiger partial charge in [-0.25, -0.2) is 9.78 Å². The molecule has 0 aromatic carbocycles. The molecule has 0 radical (unpaired) electrons. The first-order valence-corrected chi connectivity index (χ1v) is 5.46. The predicted molar refractivity (Wildman–Crippen MR) is 59.7 cm³/mol. The Labute approximate surface area is 94.7 Å². The standard InChI is InChI=1S/C11H17N3O2/c1-7-12-10(11(15)16)9-5-4-8(13(2)3)6-14(7)9/h8H,4-6H2,1-3H3,(H,15,16). The third-order valence-corrected chi connectivity index (χ3v) is 3.30. The number of rotatable bonds is 2. The van der Waals surface area contributed by atoms with Crippen molar-refractivity contribution in [3.8, 4) is 0 Å². The fraction of sp³-hybridized carbons (Fsp3) is 0.636. The lowest BCUT2D eigenvalue weighted by molar-refractivity contribution is 0.0688. The number of hydrogen-bond donors (Lipinski definition) is 1. The lowest BCUT2D eigenvalue weighted by Crippen LogP contribution is -2.36. The average molecular weight is 223 g/mol. The van der Waals surface area contributed by atoms with Crippen LogP contribution in [0.15, 0.2) is 0 Å². The van der Waals surface area contributed by atoms with Gasteiger partial charge < -0.3 is 14.6 Å². The fourth-order valence-corrected chi connectivity index (χ4v) is 2.30. The van der Waals surface area contributed by atoms with Crippen molar-refractivity contribution in [3.05, 3.63) is 17.2 Å². The summed E-state index contributed by atoms with van der Waals surface area (Å²) in [6.07, 6.45) is 1.80. The van der Waals surface area contributed by atoms with Crippen molar-refractivity contribution >= 4 is 5.97 Å². The Hall–Kier alpha value is -1.36. The van der Waals surface area contributed by atoms with Gasteiger partial charge >= 0.3 is 5.97 Å². The van der Waals surface area contributed by atoms with E-state index in [1.807, 2.05) is 11.5 Å². The summed E-state index contributed by atoms with van der Waals surface area (Å²) in [6, 6.07) is 0.474. The summed E-state index contributed by atoms with van der Waals surface area (Å²) in [5, 5.41) is 9.04. The maximum Gasteiger partial charge on any atom is 0.356 e. The summed E-state index contributed by atoms with van der Waals surface area (Å²) in [4.78, 5) is 17.3. The summed E-state index contributed by atoms with van der Waals surface area (Å²) in [5.74, 6) is -0.112. The number of likely N-dealkylation sites (N-methyl/N-ethyl adjacent to an activating group) is 1. The zero-order valence-electron chi connectivity index (χ0n) is 9.90. The van der Waals surface area contributed by atoms with Gasteiger partial charge in [0.2, 0.25) is 0 Å². The lowest BCUT2D eigenvalue weighted by atomic mass is 10.0. The summed E-state index contributed by atoms with van der Waals surface area (Å²) < 4.78 is 2.04. The van der Waals surface area contributed by atoms with Crippen molar-refractivity contribution in [2.45, 2.75) is 32.4 Å². The van der Waals surface area contributed by atoms with Gasteiger partial charge in [-0.05, 0) is 33.9 Å². The molecule has 16 heavy (non-hydrogen) atoms. The van der Waals surface area contributed by atoms with Gasteiger partial charge in [-0.2, -0.15) is 0 Å². The molecule has 1 atom stereocenters. The second-order valence-electron chi connectivity index (χ2n) is 4.53. The molecule has 0 fully saturated rings. The molecule has 0 bridgehead atoms. The predicted octanol–water partition coefficient (Wildman–Crippen LogP) is 0.766. The van der Waals surface area contributed by atoms with Gasteiger partial charge in [-0.15, -0.1) is 0 Å². The molecule has 5 heteroatoms. The number of aromatic carboxylic acids is 1. The first-order valence-electron chi connectivity index (χ1n) is 5.46. The monoisotopic (exact) mass is 223 g/mol. The van der Waals surface area contributed by atoms with Crippen LogP contribution in [0.4, 0.5) is 0 Å². The van der Waals surface area contributed by atoms with E-state index in [1.54, 1.807) is 0 Å². The maximum absolute atomic E-state index is 11.0. The molecule has 1 aromatic heterocycles. The van der Waals surface area contributed by atoms with Crippen LogP contribution in [0.2, 0.25) is 0 Å². The van der Waals surface area contributed by atoms with Gasteiger partial charge in [-0.1, -0.05) is 0 Å². The second kappa shape index (κ2) is 3.90. The third kappa shape index (κ3) is 1.71. The smallest absolute Gasteiger partial charge is 0.356 e. The number of aromatic nitrogens is 2. The number of fused-ring (bicyclic) bond motifs is 1. The Morgan fingerprint density at radius 3 is 2.81 bits per heavy atom. The Balaban J connectivity index is 2.36. The molecular weight excluding hydrogens is 206 g/mol. The molecule has 0 saturated heterocycles. The zero-order chi connectivity index (χ0) is 11.9. The number of imidazole rings is 1. The van der Waals surface area contributed by atoms with E-state index in [-0.39, 0.29) is 5.69 Å². The number of carboxylic acid groups (broad SMARTS) is 1. The Bertz CT molecular complexity index is 423. The lowest BCUT2D eigenvalue weighted by Gasteiger charge is -2.30. The molecular formula is C11H17N3O2. The van der Waals surface area contributed by atoms with E-state index in [0.29, 0.717) is 6.04 Å². The van der Waals surface area contributed by atoms with Crippen LogP contribution in [-0.4, -0.2) is 45.7 Å². The molecule has 0 aliphatic carbocycles. The molecule has 1 aliphatic heterocycles. The van der Waals surface area contributed by atoms with Crippen molar-refractivity contribution in [2.24, 2.45) is 0 Å². The fourth-order valence-electron chi connectivity index (χ4n) is 2.30. The van der Waals surface area contributed by atoms with Gasteiger partial charge in [0, 0.05) is 12.6 Å². The van der Waals surface area contributed by atoms with Gasteiger partial charge in [0.25, 0.3) is 0 Å². The highest BCUT2D eigenvalue weighted by atomic mass is 16.4. The van der Waals surface area contributed by atoms with Crippen LogP contribution in [0.25, 0.3) is 0 Å². The second-order valence-corrected chi connectivity index (χ2v) is 4.53. The average Bonchev–Trinajstić information content (AvgIpc) is 2.56. The molecule has 1 aromatic rings. The highest BCUT2D eigenvalue weighted by Crippen LogP contribution is 2.22. The minimum atomic E-state index is -0.917. The number of hydrogen-bond acceptors (Lipinski definition) is 3. The third-order valence-electron chi connectivity index (χ3n) is 3.30. The molecule has 0 spiro atoms. The molecule has 2 heterocycles. The summed E-state index contributed by atoms with van der Waals surface area (Å²) in [5.41, 5.74) is 1.11. The molecule has 1 unspecified atom stereocenters. The Morgan fingerprint density at radius 2 is 2.25 bits per heavy atom. The van der Waals surface area contributed by atoms with Crippen LogP contribution < -0.4 is 0 Å². The molecule has 0 saturated carbocycles. The normalized spacial score (nSPS) is 19.9. The molecule has 88 valence electrons. The van der Waals surface area contributed by atoms with Crippen molar-refractivity contribution in [1.29, 1.82) is 0 Å². The molecule has 1 N–H and O–H groups in total. The molecule has 5 nitrogen and oxygen atoms in total. The van der Waals surface area contributed by atoms with Gasteiger partial charge in [0.15, 0.2) is 5.69 Å². The van der Waals surface area contributed by atoms with E-state index >= 15 is 0 Å².